The zero-order valence-corrected chi connectivity index (χ0v) is 14.1. The number of rotatable bonds is 5. The molecule has 3 unspecified atom stereocenters. The highest BCUT2D eigenvalue weighted by atomic mass is 32.2. The van der Waals surface area contributed by atoms with Gasteiger partial charge in [0.15, 0.2) is 0 Å². The third kappa shape index (κ3) is 3.36. The Hall–Kier alpha value is -0.910. The van der Waals surface area contributed by atoms with Crippen LogP contribution in [0.3, 0.4) is 0 Å². The minimum Gasteiger partial charge on any atom is -0.352 e. The van der Waals surface area contributed by atoms with E-state index in [0.29, 0.717) is 18.4 Å². The van der Waals surface area contributed by atoms with Gasteiger partial charge in [-0.15, -0.1) is 0 Å². The Labute approximate surface area is 136 Å². The van der Waals surface area contributed by atoms with Gasteiger partial charge in [-0.1, -0.05) is 0 Å². The van der Waals surface area contributed by atoms with Crippen LogP contribution in [0.2, 0.25) is 0 Å². The molecule has 3 amide bonds. The van der Waals surface area contributed by atoms with Crippen LogP contribution < -0.4 is 11.1 Å². The minimum atomic E-state index is -0.597. The number of amides is 3. The molecule has 0 radical (unpaired) electrons. The maximum atomic E-state index is 13.0. The van der Waals surface area contributed by atoms with Crippen molar-refractivity contribution in [3.63, 3.8) is 0 Å². The maximum absolute atomic E-state index is 13.0. The van der Waals surface area contributed by atoms with Gasteiger partial charge in [-0.05, 0) is 68.3 Å². The van der Waals surface area contributed by atoms with Crippen molar-refractivity contribution in [3.05, 3.63) is 0 Å². The van der Waals surface area contributed by atoms with Crippen LogP contribution in [0.4, 0.5) is 4.79 Å². The summed E-state index contributed by atoms with van der Waals surface area (Å²) in [4.78, 5) is 26.3. The van der Waals surface area contributed by atoms with E-state index in [9.17, 15) is 9.59 Å². The summed E-state index contributed by atoms with van der Waals surface area (Å²) in [5.41, 5.74) is 5.27. The standard InChI is InChI=1S/C16H27N3O2S/c1-22-3-2-14(18-16(17)21)15(20)19-9-12-5-10-4-11(6-12)8-13(19)7-10/h10-14H,2-9H2,1H3,(H3,17,18,21). The molecule has 0 aromatic rings. The van der Waals surface area contributed by atoms with Crippen LogP contribution in [0.1, 0.15) is 38.5 Å². The number of hydrogen-bond acceptors (Lipinski definition) is 3. The maximum Gasteiger partial charge on any atom is 0.312 e. The molecule has 3 N–H and O–H groups in total. The van der Waals surface area contributed by atoms with Gasteiger partial charge < -0.3 is 16.0 Å². The molecule has 4 aliphatic rings. The molecule has 3 atom stereocenters. The van der Waals surface area contributed by atoms with Crippen LogP contribution in [0.15, 0.2) is 0 Å². The second kappa shape index (κ2) is 6.69. The van der Waals surface area contributed by atoms with Gasteiger partial charge >= 0.3 is 6.03 Å². The Kier molecular flexibility index (Phi) is 4.85. The molecule has 5 nitrogen and oxygen atoms in total. The summed E-state index contributed by atoms with van der Waals surface area (Å²) in [5.74, 6) is 3.23. The molecule has 124 valence electrons. The topological polar surface area (TPSA) is 75.4 Å². The van der Waals surface area contributed by atoms with E-state index in [2.05, 4.69) is 10.2 Å². The van der Waals surface area contributed by atoms with E-state index in [0.717, 1.165) is 37.0 Å². The zero-order chi connectivity index (χ0) is 15.7. The Morgan fingerprint density at radius 2 is 1.82 bits per heavy atom. The lowest BCUT2D eigenvalue weighted by Gasteiger charge is -2.39. The molecule has 22 heavy (non-hydrogen) atoms. The second-order valence-corrected chi connectivity index (χ2v) is 8.25. The molecule has 0 aromatic carbocycles. The summed E-state index contributed by atoms with van der Waals surface area (Å²) in [5, 5.41) is 2.67. The summed E-state index contributed by atoms with van der Waals surface area (Å²) in [7, 11) is 0. The minimum absolute atomic E-state index is 0.0889. The number of carbonyl (C=O) groups excluding carboxylic acids is 2. The average molecular weight is 325 g/mol. The summed E-state index contributed by atoms with van der Waals surface area (Å²) in [6.07, 6.45) is 8.92. The number of carbonyl (C=O) groups is 2. The molecule has 2 saturated heterocycles. The molecular formula is C16H27N3O2S. The largest absolute Gasteiger partial charge is 0.352 e. The van der Waals surface area contributed by atoms with Crippen LogP contribution >= 0.6 is 11.8 Å². The van der Waals surface area contributed by atoms with Crippen molar-refractivity contribution in [2.45, 2.75) is 50.6 Å². The van der Waals surface area contributed by atoms with E-state index in [1.165, 1.54) is 19.3 Å². The van der Waals surface area contributed by atoms with Gasteiger partial charge in [-0.25, -0.2) is 4.79 Å². The fourth-order valence-corrected chi connectivity index (χ4v) is 5.39. The highest BCUT2D eigenvalue weighted by Crippen LogP contribution is 2.47. The van der Waals surface area contributed by atoms with Gasteiger partial charge in [-0.2, -0.15) is 11.8 Å². The first kappa shape index (κ1) is 16.0. The second-order valence-electron chi connectivity index (χ2n) is 7.26. The first-order valence-electron chi connectivity index (χ1n) is 8.42. The number of hydrogen-bond donors (Lipinski definition) is 2. The quantitative estimate of drug-likeness (QED) is 0.809. The number of thioether (sulfide) groups is 1. The highest BCUT2D eigenvalue weighted by Gasteiger charge is 2.45. The number of primary amides is 1. The van der Waals surface area contributed by atoms with Gasteiger partial charge in [0.1, 0.15) is 6.04 Å². The number of nitrogens with two attached hydrogens (primary N) is 1. The molecule has 0 aromatic heterocycles. The highest BCUT2D eigenvalue weighted by molar-refractivity contribution is 7.98. The molecular weight excluding hydrogens is 298 g/mol. The third-order valence-corrected chi connectivity index (χ3v) is 6.26. The number of nitrogens with zero attached hydrogens (tertiary/aromatic N) is 1. The van der Waals surface area contributed by atoms with Gasteiger partial charge in [-0.3, -0.25) is 4.79 Å². The average Bonchev–Trinajstić information content (AvgIpc) is 2.66. The van der Waals surface area contributed by atoms with Gasteiger partial charge in [0.25, 0.3) is 0 Å². The molecule has 4 rings (SSSR count). The van der Waals surface area contributed by atoms with Crippen LogP contribution in [0.25, 0.3) is 0 Å². The monoisotopic (exact) mass is 325 g/mol. The lowest BCUT2D eigenvalue weighted by Crippen LogP contribution is -2.53. The summed E-state index contributed by atoms with van der Waals surface area (Å²) < 4.78 is 0. The Bertz CT molecular complexity index is 431. The Morgan fingerprint density at radius 1 is 1.18 bits per heavy atom. The lowest BCUT2D eigenvalue weighted by atomic mass is 9.68. The van der Waals surface area contributed by atoms with E-state index < -0.39 is 12.1 Å². The van der Waals surface area contributed by atoms with Crippen molar-refractivity contribution in [1.29, 1.82) is 0 Å². The molecule has 2 heterocycles. The van der Waals surface area contributed by atoms with E-state index >= 15 is 0 Å². The molecule has 4 fully saturated rings. The van der Waals surface area contributed by atoms with Crippen LogP contribution in [-0.2, 0) is 4.79 Å². The number of urea groups is 1. The molecule has 4 bridgehead atoms. The summed E-state index contributed by atoms with van der Waals surface area (Å²) >= 11 is 1.69. The van der Waals surface area contributed by atoms with Crippen LogP contribution in [0.5, 0.6) is 0 Å². The first-order valence-corrected chi connectivity index (χ1v) is 9.81. The molecule has 0 spiro atoms. The zero-order valence-electron chi connectivity index (χ0n) is 13.3. The summed E-state index contributed by atoms with van der Waals surface area (Å²) in [6.45, 7) is 0.882. The predicted octanol–water partition coefficient (Wildman–Crippen LogP) is 1.81. The van der Waals surface area contributed by atoms with Gasteiger partial charge in [0.05, 0.1) is 0 Å². The normalized spacial score (nSPS) is 34.3. The van der Waals surface area contributed by atoms with E-state index in [1.807, 2.05) is 6.26 Å². The molecule has 6 heteroatoms. The van der Waals surface area contributed by atoms with Crippen molar-refractivity contribution in [2.24, 2.45) is 23.5 Å². The molecule has 2 aliphatic carbocycles. The van der Waals surface area contributed by atoms with Gasteiger partial charge in [0.2, 0.25) is 5.91 Å². The Morgan fingerprint density at radius 3 is 2.41 bits per heavy atom. The van der Waals surface area contributed by atoms with E-state index in [-0.39, 0.29) is 5.91 Å². The molecule has 2 aliphatic heterocycles. The first-order chi connectivity index (χ1) is 10.6. The summed E-state index contributed by atoms with van der Waals surface area (Å²) in [6, 6.07) is -0.670. The number of nitrogens with one attached hydrogen (secondary N) is 1. The number of fused-ring (bicyclic) bond motifs is 1. The SMILES string of the molecule is CSCCC(NC(N)=O)C(=O)N1CC2CC3CC(C2)CC1C3. The Balaban J connectivity index is 1.72. The third-order valence-electron chi connectivity index (χ3n) is 5.61. The van der Waals surface area contributed by atoms with Crippen molar-refractivity contribution in [1.82, 2.24) is 10.2 Å². The van der Waals surface area contributed by atoms with Crippen LogP contribution in [-0.4, -0.2) is 47.5 Å². The smallest absolute Gasteiger partial charge is 0.312 e. The predicted molar refractivity (Wildman–Crippen MR) is 88.6 cm³/mol. The van der Waals surface area contributed by atoms with Crippen LogP contribution in [0, 0.1) is 17.8 Å². The van der Waals surface area contributed by atoms with E-state index in [1.54, 1.807) is 11.8 Å². The van der Waals surface area contributed by atoms with Crippen molar-refractivity contribution >= 4 is 23.7 Å². The fourth-order valence-electron chi connectivity index (χ4n) is 4.92. The lowest BCUT2D eigenvalue weighted by molar-refractivity contribution is -0.136. The van der Waals surface area contributed by atoms with Crippen molar-refractivity contribution < 1.29 is 9.59 Å². The van der Waals surface area contributed by atoms with E-state index in [4.69, 9.17) is 5.73 Å². The fraction of sp³-hybridized carbons (Fsp3) is 0.875. The van der Waals surface area contributed by atoms with Crippen molar-refractivity contribution in [2.75, 3.05) is 18.6 Å². The van der Waals surface area contributed by atoms with Gasteiger partial charge in [0, 0.05) is 12.6 Å². The van der Waals surface area contributed by atoms with Crippen molar-refractivity contribution in [3.8, 4) is 0 Å². The molecule has 2 saturated carbocycles.